The molecule has 0 heterocycles. The van der Waals surface area contributed by atoms with Crippen molar-refractivity contribution in [1.29, 1.82) is 0 Å². The summed E-state index contributed by atoms with van der Waals surface area (Å²) in [6, 6.07) is 0.182. The van der Waals surface area contributed by atoms with Gasteiger partial charge in [0.15, 0.2) is 0 Å². The Labute approximate surface area is 99.2 Å². The normalized spacial score (nSPS) is 22.8. The molecule has 94 valence electrons. The fraction of sp³-hybridized carbons (Fsp3) is 0.923. The van der Waals surface area contributed by atoms with Crippen LogP contribution in [0.5, 0.6) is 0 Å². The second-order valence-corrected chi connectivity index (χ2v) is 5.32. The molecular weight excluding hydrogens is 200 g/mol. The van der Waals surface area contributed by atoms with Crippen molar-refractivity contribution in [2.75, 3.05) is 6.54 Å². The van der Waals surface area contributed by atoms with Crippen LogP contribution < -0.4 is 11.1 Å². The Kier molecular flexibility index (Phi) is 4.78. The molecule has 1 fully saturated rings. The van der Waals surface area contributed by atoms with E-state index in [0.717, 1.165) is 19.3 Å². The summed E-state index contributed by atoms with van der Waals surface area (Å²) in [7, 11) is 0. The monoisotopic (exact) mass is 226 g/mol. The zero-order valence-corrected chi connectivity index (χ0v) is 10.9. The largest absolute Gasteiger partial charge is 0.353 e. The molecule has 2 atom stereocenters. The third-order valence-corrected chi connectivity index (χ3v) is 4.30. The topological polar surface area (TPSA) is 55.1 Å². The minimum absolute atomic E-state index is 0.0808. The summed E-state index contributed by atoms with van der Waals surface area (Å²) in [6.45, 7) is 6.88. The molecule has 2 unspecified atom stereocenters. The predicted molar refractivity (Wildman–Crippen MR) is 67.0 cm³/mol. The van der Waals surface area contributed by atoms with Crippen LogP contribution in [0.4, 0.5) is 0 Å². The van der Waals surface area contributed by atoms with Crippen LogP contribution in [0.2, 0.25) is 0 Å². The third-order valence-electron chi connectivity index (χ3n) is 4.30. The third kappa shape index (κ3) is 2.76. The smallest absolute Gasteiger partial charge is 0.226 e. The Morgan fingerprint density at radius 3 is 2.38 bits per heavy atom. The summed E-state index contributed by atoms with van der Waals surface area (Å²) < 4.78 is 0. The second kappa shape index (κ2) is 5.67. The van der Waals surface area contributed by atoms with Crippen LogP contribution in [-0.2, 0) is 4.79 Å². The lowest BCUT2D eigenvalue weighted by Crippen LogP contribution is -2.46. The molecule has 0 bridgehead atoms. The zero-order chi connectivity index (χ0) is 12.2. The van der Waals surface area contributed by atoms with E-state index in [0.29, 0.717) is 12.5 Å². The van der Waals surface area contributed by atoms with Gasteiger partial charge in [-0.1, -0.05) is 26.7 Å². The van der Waals surface area contributed by atoms with Gasteiger partial charge in [0.1, 0.15) is 0 Å². The van der Waals surface area contributed by atoms with Crippen molar-refractivity contribution in [3.05, 3.63) is 0 Å². The van der Waals surface area contributed by atoms with Gasteiger partial charge >= 0.3 is 0 Å². The van der Waals surface area contributed by atoms with E-state index in [4.69, 9.17) is 5.73 Å². The molecule has 1 aliphatic rings. The summed E-state index contributed by atoms with van der Waals surface area (Å²) in [5.74, 6) is 0.597. The van der Waals surface area contributed by atoms with Crippen molar-refractivity contribution in [3.8, 4) is 0 Å². The fourth-order valence-electron chi connectivity index (χ4n) is 2.50. The van der Waals surface area contributed by atoms with Gasteiger partial charge in [-0.3, -0.25) is 4.79 Å². The number of carbonyl (C=O) groups is 1. The van der Waals surface area contributed by atoms with Crippen molar-refractivity contribution in [2.45, 2.75) is 58.9 Å². The lowest BCUT2D eigenvalue weighted by atomic mass is 9.82. The highest BCUT2D eigenvalue weighted by Gasteiger charge is 2.39. The number of nitrogens with one attached hydrogen (secondary N) is 1. The lowest BCUT2D eigenvalue weighted by Gasteiger charge is -2.29. The minimum atomic E-state index is -0.0808. The molecule has 0 spiro atoms. The Balaban J connectivity index is 2.56. The molecule has 0 aromatic carbocycles. The minimum Gasteiger partial charge on any atom is -0.353 e. The van der Waals surface area contributed by atoms with E-state index < -0.39 is 0 Å². The van der Waals surface area contributed by atoms with Crippen LogP contribution in [0.15, 0.2) is 0 Å². The van der Waals surface area contributed by atoms with Gasteiger partial charge in [-0.2, -0.15) is 0 Å². The quantitative estimate of drug-likeness (QED) is 0.754. The van der Waals surface area contributed by atoms with Gasteiger partial charge in [0, 0.05) is 11.5 Å². The van der Waals surface area contributed by atoms with E-state index in [1.54, 1.807) is 0 Å². The first-order valence-corrected chi connectivity index (χ1v) is 6.57. The van der Waals surface area contributed by atoms with Gasteiger partial charge in [-0.25, -0.2) is 0 Å². The molecule has 0 aromatic heterocycles. The van der Waals surface area contributed by atoms with Crippen molar-refractivity contribution in [1.82, 2.24) is 5.32 Å². The summed E-state index contributed by atoms with van der Waals surface area (Å²) in [5.41, 5.74) is 5.54. The van der Waals surface area contributed by atoms with Crippen LogP contribution in [0.3, 0.4) is 0 Å². The van der Waals surface area contributed by atoms with Gasteiger partial charge < -0.3 is 11.1 Å². The van der Waals surface area contributed by atoms with Crippen molar-refractivity contribution in [3.63, 3.8) is 0 Å². The molecule has 0 saturated heterocycles. The Bertz CT molecular complexity index is 234. The Morgan fingerprint density at radius 2 is 1.94 bits per heavy atom. The molecule has 1 rings (SSSR count). The van der Waals surface area contributed by atoms with E-state index in [1.807, 2.05) is 6.92 Å². The number of hydrogen-bond acceptors (Lipinski definition) is 2. The lowest BCUT2D eigenvalue weighted by molar-refractivity contribution is -0.132. The molecule has 1 amide bonds. The van der Waals surface area contributed by atoms with Crippen LogP contribution in [0.25, 0.3) is 0 Å². The van der Waals surface area contributed by atoms with Crippen LogP contribution in [0.1, 0.15) is 52.9 Å². The first-order valence-electron chi connectivity index (χ1n) is 6.57. The highest BCUT2D eigenvalue weighted by molar-refractivity contribution is 5.83. The SMILES string of the molecule is CCC1(C(=O)NC(C)C(C)CN)CCCC1. The second-order valence-electron chi connectivity index (χ2n) is 5.32. The standard InChI is InChI=1S/C13H26N2O/c1-4-13(7-5-6-8-13)12(16)15-11(3)10(2)9-14/h10-11H,4-9,14H2,1-3H3,(H,15,16). The van der Waals surface area contributed by atoms with Crippen molar-refractivity contribution >= 4 is 5.91 Å². The van der Waals surface area contributed by atoms with Gasteiger partial charge in [0.2, 0.25) is 5.91 Å². The molecule has 3 heteroatoms. The number of carbonyl (C=O) groups excluding carboxylic acids is 1. The predicted octanol–water partition coefficient (Wildman–Crippen LogP) is 2.06. The molecule has 1 aliphatic carbocycles. The maximum absolute atomic E-state index is 12.3. The summed E-state index contributed by atoms with van der Waals surface area (Å²) in [5, 5.41) is 3.15. The Morgan fingerprint density at radius 1 is 1.38 bits per heavy atom. The first kappa shape index (κ1) is 13.5. The molecule has 0 radical (unpaired) electrons. The van der Waals surface area contributed by atoms with E-state index in [2.05, 4.69) is 19.2 Å². The highest BCUT2D eigenvalue weighted by atomic mass is 16.2. The van der Waals surface area contributed by atoms with E-state index in [9.17, 15) is 4.79 Å². The number of rotatable bonds is 5. The fourth-order valence-corrected chi connectivity index (χ4v) is 2.50. The maximum Gasteiger partial charge on any atom is 0.226 e. The number of amides is 1. The van der Waals surface area contributed by atoms with Crippen LogP contribution in [-0.4, -0.2) is 18.5 Å². The number of hydrogen-bond donors (Lipinski definition) is 2. The van der Waals surface area contributed by atoms with Crippen LogP contribution in [0, 0.1) is 11.3 Å². The average molecular weight is 226 g/mol. The molecule has 0 aromatic rings. The zero-order valence-electron chi connectivity index (χ0n) is 10.9. The molecule has 0 aliphatic heterocycles. The Hall–Kier alpha value is -0.570. The summed E-state index contributed by atoms with van der Waals surface area (Å²) in [4.78, 5) is 12.3. The van der Waals surface area contributed by atoms with Gasteiger partial charge in [-0.05, 0) is 38.6 Å². The first-order chi connectivity index (χ1) is 7.55. The average Bonchev–Trinajstić information content (AvgIpc) is 2.77. The molecule has 1 saturated carbocycles. The molecule has 3 nitrogen and oxygen atoms in total. The summed E-state index contributed by atoms with van der Waals surface area (Å²) in [6.07, 6.45) is 5.46. The van der Waals surface area contributed by atoms with Gasteiger partial charge in [-0.15, -0.1) is 0 Å². The summed E-state index contributed by atoms with van der Waals surface area (Å²) >= 11 is 0. The van der Waals surface area contributed by atoms with Gasteiger partial charge in [0.05, 0.1) is 0 Å². The highest BCUT2D eigenvalue weighted by Crippen LogP contribution is 2.41. The van der Waals surface area contributed by atoms with Crippen LogP contribution >= 0.6 is 0 Å². The van der Waals surface area contributed by atoms with E-state index in [1.165, 1.54) is 12.8 Å². The molecule has 16 heavy (non-hydrogen) atoms. The van der Waals surface area contributed by atoms with Gasteiger partial charge in [0.25, 0.3) is 0 Å². The van der Waals surface area contributed by atoms with E-state index in [-0.39, 0.29) is 17.4 Å². The van der Waals surface area contributed by atoms with Crippen molar-refractivity contribution < 1.29 is 4.79 Å². The molecular formula is C13H26N2O. The molecule has 3 N–H and O–H groups in total. The maximum atomic E-state index is 12.3. The van der Waals surface area contributed by atoms with E-state index >= 15 is 0 Å². The van der Waals surface area contributed by atoms with Crippen molar-refractivity contribution in [2.24, 2.45) is 17.1 Å². The number of nitrogens with two attached hydrogens (primary N) is 1.